The molecule has 1 heterocycles. The predicted octanol–water partition coefficient (Wildman–Crippen LogP) is 3.03. The highest BCUT2D eigenvalue weighted by Crippen LogP contribution is 2.23. The molecule has 2 rings (SSSR count). The number of pyridine rings is 1. The molecule has 0 atom stereocenters. The minimum absolute atomic E-state index is 0.268. The maximum Gasteiger partial charge on any atom is 0.173 e. The largest absolute Gasteiger partial charge is 0.378 e. The molecule has 0 bridgehead atoms. The molecular weight excluding hydrogens is 296 g/mol. The molecule has 0 aliphatic heterocycles. The molecule has 96 valence electrons. The first-order valence-electron chi connectivity index (χ1n) is 5.58. The Morgan fingerprint density at radius 1 is 1.33 bits per heavy atom. The van der Waals surface area contributed by atoms with E-state index in [-0.39, 0.29) is 6.29 Å². The van der Waals surface area contributed by atoms with Gasteiger partial charge in [0, 0.05) is 30.3 Å². The summed E-state index contributed by atoms with van der Waals surface area (Å²) >= 11 is 3.42. The third kappa shape index (κ3) is 2.98. The molecular formula is C13H15BrN2O2. The van der Waals surface area contributed by atoms with Gasteiger partial charge in [-0.15, -0.1) is 0 Å². The summed E-state index contributed by atoms with van der Waals surface area (Å²) in [5.74, 6) is 0. The molecule has 0 aliphatic carbocycles. The van der Waals surface area contributed by atoms with Gasteiger partial charge in [0.2, 0.25) is 0 Å². The van der Waals surface area contributed by atoms with Gasteiger partial charge in [0.1, 0.15) is 0 Å². The average molecular weight is 311 g/mol. The van der Waals surface area contributed by atoms with Gasteiger partial charge < -0.3 is 14.8 Å². The minimum atomic E-state index is -0.268. The zero-order valence-electron chi connectivity index (χ0n) is 10.3. The van der Waals surface area contributed by atoms with E-state index in [1.54, 1.807) is 20.4 Å². The second-order valence-corrected chi connectivity index (χ2v) is 4.73. The van der Waals surface area contributed by atoms with E-state index in [9.17, 15) is 0 Å². The molecule has 1 aromatic carbocycles. The first kappa shape index (κ1) is 13.3. The van der Waals surface area contributed by atoms with E-state index in [2.05, 4.69) is 26.2 Å². The van der Waals surface area contributed by atoms with Crippen molar-refractivity contribution in [1.29, 1.82) is 0 Å². The van der Waals surface area contributed by atoms with Crippen molar-refractivity contribution >= 4 is 32.5 Å². The third-order valence-electron chi connectivity index (χ3n) is 2.66. The fourth-order valence-corrected chi connectivity index (χ4v) is 2.08. The fourth-order valence-electron chi connectivity index (χ4n) is 1.73. The number of rotatable bonds is 5. The number of anilines is 1. The Morgan fingerprint density at radius 2 is 2.11 bits per heavy atom. The van der Waals surface area contributed by atoms with Crippen molar-refractivity contribution in [2.45, 2.75) is 6.29 Å². The Kier molecular flexibility index (Phi) is 4.52. The zero-order valence-corrected chi connectivity index (χ0v) is 11.9. The average Bonchev–Trinajstić information content (AvgIpc) is 2.39. The molecule has 1 N–H and O–H groups in total. The highest BCUT2D eigenvalue weighted by Gasteiger charge is 2.07. The van der Waals surface area contributed by atoms with Crippen LogP contribution in [0.1, 0.15) is 0 Å². The first-order valence-corrected chi connectivity index (χ1v) is 6.37. The number of fused-ring (bicyclic) bond motifs is 1. The summed E-state index contributed by atoms with van der Waals surface area (Å²) in [5.41, 5.74) is 1.91. The van der Waals surface area contributed by atoms with Crippen molar-refractivity contribution in [2.75, 3.05) is 26.1 Å². The number of para-hydroxylation sites is 1. The van der Waals surface area contributed by atoms with Crippen molar-refractivity contribution in [1.82, 2.24) is 4.98 Å². The lowest BCUT2D eigenvalue weighted by molar-refractivity contribution is -0.0913. The number of methoxy groups -OCH3 is 2. The number of aromatic nitrogens is 1. The Hall–Kier alpha value is -1.17. The number of nitrogens with one attached hydrogen (secondary N) is 1. The van der Waals surface area contributed by atoms with E-state index >= 15 is 0 Å². The molecule has 0 saturated heterocycles. The fraction of sp³-hybridized carbons (Fsp3) is 0.308. The highest BCUT2D eigenvalue weighted by molar-refractivity contribution is 9.10. The van der Waals surface area contributed by atoms with E-state index in [0.29, 0.717) is 6.54 Å². The summed E-state index contributed by atoms with van der Waals surface area (Å²) in [6.45, 7) is 0.573. The van der Waals surface area contributed by atoms with Crippen LogP contribution in [0.2, 0.25) is 0 Å². The molecule has 4 nitrogen and oxygen atoms in total. The summed E-state index contributed by atoms with van der Waals surface area (Å²) in [6, 6.07) is 8.05. The van der Waals surface area contributed by atoms with E-state index in [4.69, 9.17) is 9.47 Å². The lowest BCUT2D eigenvalue weighted by atomic mass is 10.2. The molecule has 0 aliphatic rings. The van der Waals surface area contributed by atoms with Gasteiger partial charge in [0.15, 0.2) is 6.29 Å². The zero-order chi connectivity index (χ0) is 13.0. The third-order valence-corrected chi connectivity index (χ3v) is 3.10. The lowest BCUT2D eigenvalue weighted by Crippen LogP contribution is -2.23. The van der Waals surface area contributed by atoms with Gasteiger partial charge in [-0.1, -0.05) is 12.1 Å². The molecule has 2 aromatic rings. The molecule has 0 radical (unpaired) electrons. The van der Waals surface area contributed by atoms with Gasteiger partial charge in [-0.2, -0.15) is 0 Å². The van der Waals surface area contributed by atoms with Crippen LogP contribution in [0, 0.1) is 0 Å². The standard InChI is InChI=1S/C13H15BrN2O2/c1-17-12(18-2)8-15-11-5-3-4-9-6-10(14)7-16-13(9)11/h3-7,12,15H,8H2,1-2H3. The predicted molar refractivity (Wildman–Crippen MR) is 75.7 cm³/mol. The van der Waals surface area contributed by atoms with Crippen molar-refractivity contribution < 1.29 is 9.47 Å². The van der Waals surface area contributed by atoms with Crippen LogP contribution >= 0.6 is 15.9 Å². The van der Waals surface area contributed by atoms with Gasteiger partial charge in [-0.25, -0.2) is 0 Å². The maximum atomic E-state index is 5.14. The second kappa shape index (κ2) is 6.13. The van der Waals surface area contributed by atoms with Crippen LogP contribution in [0.15, 0.2) is 34.9 Å². The minimum Gasteiger partial charge on any atom is -0.378 e. The van der Waals surface area contributed by atoms with Gasteiger partial charge in [0.25, 0.3) is 0 Å². The number of nitrogens with zero attached hydrogens (tertiary/aromatic N) is 1. The second-order valence-electron chi connectivity index (χ2n) is 3.81. The van der Waals surface area contributed by atoms with E-state index in [1.165, 1.54) is 0 Å². The summed E-state index contributed by atoms with van der Waals surface area (Å²) in [5, 5.41) is 4.37. The Bertz CT molecular complexity index is 529. The number of benzene rings is 1. The molecule has 0 saturated carbocycles. The Balaban J connectivity index is 2.23. The van der Waals surface area contributed by atoms with Crippen molar-refractivity contribution in [3.63, 3.8) is 0 Å². The van der Waals surface area contributed by atoms with Gasteiger partial charge in [-0.3, -0.25) is 4.98 Å². The SMILES string of the molecule is COC(CNc1cccc2cc(Br)cnc12)OC. The topological polar surface area (TPSA) is 43.4 Å². The van der Waals surface area contributed by atoms with Crippen LogP contribution in [-0.2, 0) is 9.47 Å². The molecule has 18 heavy (non-hydrogen) atoms. The van der Waals surface area contributed by atoms with Gasteiger partial charge >= 0.3 is 0 Å². The monoisotopic (exact) mass is 310 g/mol. The van der Waals surface area contributed by atoms with Crippen LogP contribution < -0.4 is 5.32 Å². The Labute approximate surface area is 114 Å². The quantitative estimate of drug-likeness (QED) is 0.862. The smallest absolute Gasteiger partial charge is 0.173 e. The molecule has 0 amide bonds. The summed E-state index contributed by atoms with van der Waals surface area (Å²) in [6.07, 6.45) is 1.52. The first-order chi connectivity index (χ1) is 8.74. The Morgan fingerprint density at radius 3 is 2.83 bits per heavy atom. The van der Waals surface area contributed by atoms with Gasteiger partial charge in [-0.05, 0) is 28.1 Å². The van der Waals surface area contributed by atoms with Crippen molar-refractivity contribution in [2.24, 2.45) is 0 Å². The van der Waals surface area contributed by atoms with Gasteiger partial charge in [0.05, 0.1) is 17.7 Å². The van der Waals surface area contributed by atoms with Crippen molar-refractivity contribution in [3.8, 4) is 0 Å². The van der Waals surface area contributed by atoms with Crippen molar-refractivity contribution in [3.05, 3.63) is 34.9 Å². The lowest BCUT2D eigenvalue weighted by Gasteiger charge is -2.15. The van der Waals surface area contributed by atoms with Crippen LogP contribution in [0.5, 0.6) is 0 Å². The molecule has 0 unspecified atom stereocenters. The van der Waals surface area contributed by atoms with Crippen LogP contribution in [0.4, 0.5) is 5.69 Å². The normalized spacial score (nSPS) is 11.1. The van der Waals surface area contributed by atoms with Crippen LogP contribution in [-0.4, -0.2) is 32.0 Å². The molecule has 1 aromatic heterocycles. The number of halogens is 1. The summed E-state index contributed by atoms with van der Waals surface area (Å²) in [7, 11) is 3.24. The highest BCUT2D eigenvalue weighted by atomic mass is 79.9. The number of hydrogen-bond acceptors (Lipinski definition) is 4. The summed E-state index contributed by atoms with van der Waals surface area (Å²) < 4.78 is 11.3. The molecule has 5 heteroatoms. The van der Waals surface area contributed by atoms with Crippen LogP contribution in [0.25, 0.3) is 10.9 Å². The molecule has 0 spiro atoms. The van der Waals surface area contributed by atoms with E-state index < -0.39 is 0 Å². The number of ether oxygens (including phenoxy) is 2. The molecule has 0 fully saturated rings. The van der Waals surface area contributed by atoms with Crippen LogP contribution in [0.3, 0.4) is 0 Å². The number of hydrogen-bond donors (Lipinski definition) is 1. The summed E-state index contributed by atoms with van der Waals surface area (Å²) in [4.78, 5) is 4.42. The van der Waals surface area contributed by atoms with E-state index in [0.717, 1.165) is 21.1 Å². The maximum absolute atomic E-state index is 5.14. The van der Waals surface area contributed by atoms with E-state index in [1.807, 2.05) is 24.3 Å².